The minimum Gasteiger partial charge on any atom is -0.325 e. The Morgan fingerprint density at radius 2 is 1.92 bits per heavy atom. The molecule has 10 heteroatoms. The zero-order valence-corrected chi connectivity index (χ0v) is 23.5. The molecule has 4 rings (SSSR count). The average molecular weight is 550 g/mol. The highest BCUT2D eigenvalue weighted by Crippen LogP contribution is 2.38. The standard InChI is InChI=1S/C28H31N5O3S2/c1-18(37-27-20(17-29)15-19-16-21(28(2,3)4)8-13-24(19)32-27)26(34)31-22-9-11-23(12-10-22)38(35,36)33-25-7-5-6-14-30-25/h5-7,9-12,14-15,18,21H,8,13,16H2,1-4H3,(H,30,33)(H,31,34). The Morgan fingerprint density at radius 1 is 1.18 bits per heavy atom. The van der Waals surface area contributed by atoms with E-state index in [1.807, 2.05) is 6.07 Å². The molecule has 0 radical (unpaired) electrons. The molecule has 0 fully saturated rings. The first-order valence-corrected chi connectivity index (χ1v) is 14.8. The van der Waals surface area contributed by atoms with Crippen molar-refractivity contribution in [3.05, 3.63) is 71.5 Å². The van der Waals surface area contributed by atoms with Crippen molar-refractivity contribution in [3.63, 3.8) is 0 Å². The predicted molar refractivity (Wildman–Crippen MR) is 149 cm³/mol. The maximum absolute atomic E-state index is 12.9. The number of pyridine rings is 2. The van der Waals surface area contributed by atoms with E-state index in [2.05, 4.69) is 41.9 Å². The Balaban J connectivity index is 1.41. The zero-order chi connectivity index (χ0) is 27.5. The molecule has 0 bridgehead atoms. The van der Waals surface area contributed by atoms with Crippen molar-refractivity contribution in [1.82, 2.24) is 9.97 Å². The number of fused-ring (bicyclic) bond motifs is 1. The first-order valence-electron chi connectivity index (χ1n) is 12.4. The van der Waals surface area contributed by atoms with E-state index in [-0.39, 0.29) is 22.0 Å². The fourth-order valence-electron chi connectivity index (χ4n) is 4.36. The third-order valence-electron chi connectivity index (χ3n) is 6.69. The molecule has 2 aromatic heterocycles. The van der Waals surface area contributed by atoms with Crippen molar-refractivity contribution in [1.29, 1.82) is 5.26 Å². The third-order valence-corrected chi connectivity index (χ3v) is 9.16. The van der Waals surface area contributed by atoms with Crippen molar-refractivity contribution in [2.45, 2.75) is 62.1 Å². The van der Waals surface area contributed by atoms with Crippen LogP contribution in [0.1, 0.15) is 50.9 Å². The van der Waals surface area contributed by atoms with Gasteiger partial charge in [-0.3, -0.25) is 9.52 Å². The lowest BCUT2D eigenvalue weighted by molar-refractivity contribution is -0.115. The summed E-state index contributed by atoms with van der Waals surface area (Å²) in [5, 5.41) is 12.6. The highest BCUT2D eigenvalue weighted by atomic mass is 32.2. The topological polar surface area (TPSA) is 125 Å². The van der Waals surface area contributed by atoms with E-state index in [0.717, 1.165) is 30.5 Å². The number of aryl methyl sites for hydroxylation is 1. The Labute approximate surface area is 228 Å². The van der Waals surface area contributed by atoms with E-state index >= 15 is 0 Å². The molecule has 0 aliphatic heterocycles. The number of carbonyl (C=O) groups excluding carboxylic acids is 1. The van der Waals surface area contributed by atoms with Gasteiger partial charge in [-0.1, -0.05) is 38.6 Å². The van der Waals surface area contributed by atoms with Crippen molar-refractivity contribution in [3.8, 4) is 6.07 Å². The lowest BCUT2D eigenvalue weighted by Gasteiger charge is -2.34. The third kappa shape index (κ3) is 6.52. The second-order valence-corrected chi connectivity index (χ2v) is 13.5. The first kappa shape index (κ1) is 27.6. The molecule has 0 spiro atoms. The van der Waals surface area contributed by atoms with Crippen LogP contribution in [0.3, 0.4) is 0 Å². The zero-order valence-electron chi connectivity index (χ0n) is 21.9. The van der Waals surface area contributed by atoms with E-state index in [1.165, 1.54) is 42.2 Å². The molecule has 0 saturated heterocycles. The fourth-order valence-corrected chi connectivity index (χ4v) is 6.26. The summed E-state index contributed by atoms with van der Waals surface area (Å²) in [5.41, 5.74) is 3.28. The smallest absolute Gasteiger partial charge is 0.263 e. The molecule has 1 amide bonds. The lowest BCUT2D eigenvalue weighted by atomic mass is 9.71. The number of nitriles is 1. The van der Waals surface area contributed by atoms with Crippen LogP contribution in [0.4, 0.5) is 11.5 Å². The molecular formula is C28H31N5O3S2. The van der Waals surface area contributed by atoms with E-state index in [4.69, 9.17) is 4.98 Å². The second-order valence-electron chi connectivity index (χ2n) is 10.5. The molecule has 3 aromatic rings. The lowest BCUT2D eigenvalue weighted by Crippen LogP contribution is -2.27. The van der Waals surface area contributed by atoms with Crippen LogP contribution >= 0.6 is 11.8 Å². The molecule has 1 aromatic carbocycles. The predicted octanol–water partition coefficient (Wildman–Crippen LogP) is 5.42. The second kappa shape index (κ2) is 11.1. The van der Waals surface area contributed by atoms with Gasteiger partial charge in [0.25, 0.3) is 10.0 Å². The summed E-state index contributed by atoms with van der Waals surface area (Å²) in [6.45, 7) is 8.50. The van der Waals surface area contributed by atoms with E-state index in [1.54, 1.807) is 25.1 Å². The Kier molecular flexibility index (Phi) is 8.09. The van der Waals surface area contributed by atoms with Crippen molar-refractivity contribution >= 4 is 39.2 Å². The molecular weight excluding hydrogens is 518 g/mol. The molecule has 1 aliphatic carbocycles. The summed E-state index contributed by atoms with van der Waals surface area (Å²) >= 11 is 1.25. The van der Waals surface area contributed by atoms with E-state index in [0.29, 0.717) is 22.2 Å². The number of aromatic nitrogens is 2. The van der Waals surface area contributed by atoms with Crippen LogP contribution in [-0.4, -0.2) is 29.5 Å². The van der Waals surface area contributed by atoms with Gasteiger partial charge in [0.15, 0.2) is 0 Å². The molecule has 8 nitrogen and oxygen atoms in total. The fraction of sp³-hybridized carbons (Fsp3) is 0.357. The maximum atomic E-state index is 12.9. The largest absolute Gasteiger partial charge is 0.325 e. The molecule has 2 N–H and O–H groups in total. The van der Waals surface area contributed by atoms with E-state index in [9.17, 15) is 18.5 Å². The highest BCUT2D eigenvalue weighted by Gasteiger charge is 2.30. The number of benzene rings is 1. The van der Waals surface area contributed by atoms with Crippen LogP contribution in [-0.2, 0) is 27.7 Å². The van der Waals surface area contributed by atoms with Crippen molar-refractivity contribution in [2.75, 3.05) is 10.0 Å². The quantitative estimate of drug-likeness (QED) is 0.377. The molecule has 38 heavy (non-hydrogen) atoms. The Bertz CT molecular complexity index is 1460. The number of rotatable bonds is 7. The molecule has 2 heterocycles. The number of nitrogens with zero attached hydrogens (tertiary/aromatic N) is 3. The minimum absolute atomic E-state index is 0.0502. The van der Waals surface area contributed by atoms with Gasteiger partial charge < -0.3 is 5.32 Å². The SMILES string of the molecule is CC(Sc1nc2c(cc1C#N)CC(C(C)(C)C)CC2)C(=O)Nc1ccc(S(=O)(=O)Nc2ccccn2)cc1. The van der Waals surface area contributed by atoms with E-state index < -0.39 is 15.3 Å². The van der Waals surface area contributed by atoms with Gasteiger partial charge in [0, 0.05) is 17.6 Å². The van der Waals surface area contributed by atoms with Gasteiger partial charge >= 0.3 is 0 Å². The summed E-state index contributed by atoms with van der Waals surface area (Å²) in [7, 11) is -3.81. The Hall–Kier alpha value is -3.42. The number of anilines is 2. The number of amides is 1. The van der Waals surface area contributed by atoms with Crippen LogP contribution in [0.15, 0.2) is 64.6 Å². The van der Waals surface area contributed by atoms with Crippen molar-refractivity contribution < 1.29 is 13.2 Å². The Morgan fingerprint density at radius 3 is 2.55 bits per heavy atom. The van der Waals surface area contributed by atoms with Crippen LogP contribution < -0.4 is 10.0 Å². The monoisotopic (exact) mass is 549 g/mol. The maximum Gasteiger partial charge on any atom is 0.263 e. The molecule has 1 aliphatic rings. The summed E-state index contributed by atoms with van der Waals surface area (Å²) < 4.78 is 27.6. The minimum atomic E-state index is -3.81. The first-order chi connectivity index (χ1) is 18.0. The number of sulfonamides is 1. The van der Waals surface area contributed by atoms with Gasteiger partial charge in [-0.05, 0) is 85.5 Å². The normalized spacial score (nSPS) is 16.1. The summed E-state index contributed by atoms with van der Waals surface area (Å²) in [6, 6.07) is 15.0. The number of hydrogen-bond acceptors (Lipinski definition) is 7. The average Bonchev–Trinajstić information content (AvgIpc) is 2.88. The molecule has 2 atom stereocenters. The van der Waals surface area contributed by atoms with Gasteiger partial charge in [0.05, 0.1) is 15.7 Å². The van der Waals surface area contributed by atoms with Crippen LogP contribution in [0, 0.1) is 22.7 Å². The van der Waals surface area contributed by atoms with Crippen LogP contribution in [0.5, 0.6) is 0 Å². The molecule has 2 unspecified atom stereocenters. The van der Waals surface area contributed by atoms with Gasteiger partial charge in [-0.2, -0.15) is 5.26 Å². The molecule has 198 valence electrons. The van der Waals surface area contributed by atoms with Gasteiger partial charge in [-0.25, -0.2) is 18.4 Å². The molecule has 0 saturated carbocycles. The van der Waals surface area contributed by atoms with Gasteiger partial charge in [-0.15, -0.1) is 0 Å². The summed E-state index contributed by atoms with van der Waals surface area (Å²) in [5.74, 6) is 0.490. The van der Waals surface area contributed by atoms with Crippen LogP contribution in [0.25, 0.3) is 0 Å². The van der Waals surface area contributed by atoms with Crippen molar-refractivity contribution in [2.24, 2.45) is 11.3 Å². The van der Waals surface area contributed by atoms with Crippen LogP contribution in [0.2, 0.25) is 0 Å². The summed E-state index contributed by atoms with van der Waals surface area (Å²) in [4.78, 5) is 21.7. The van der Waals surface area contributed by atoms with Gasteiger partial charge in [0.1, 0.15) is 16.9 Å². The van der Waals surface area contributed by atoms with Gasteiger partial charge in [0.2, 0.25) is 5.91 Å². The number of nitrogens with one attached hydrogen (secondary N) is 2. The summed E-state index contributed by atoms with van der Waals surface area (Å²) in [6.07, 6.45) is 4.32. The number of carbonyl (C=O) groups is 1. The highest BCUT2D eigenvalue weighted by molar-refractivity contribution is 8.00. The number of thioether (sulfide) groups is 1. The number of hydrogen-bond donors (Lipinski definition) is 2.